The highest BCUT2D eigenvalue weighted by atomic mass is 32.2. The molecule has 1 aromatic carbocycles. The normalized spacial score (nSPS) is 12.8. The molecule has 2 amide bonds. The van der Waals surface area contributed by atoms with Crippen molar-refractivity contribution in [3.63, 3.8) is 0 Å². The highest BCUT2D eigenvalue weighted by Gasteiger charge is 2.14. The van der Waals surface area contributed by atoms with Crippen molar-refractivity contribution in [1.29, 1.82) is 0 Å². The zero-order chi connectivity index (χ0) is 16.9. The Bertz CT molecular complexity index is 635. The highest BCUT2D eigenvalue weighted by molar-refractivity contribution is 7.90. The number of nitrogens with zero attached hydrogens (tertiary/aromatic N) is 1. The first-order valence-electron chi connectivity index (χ1n) is 6.72. The summed E-state index contributed by atoms with van der Waals surface area (Å²) in [6.07, 6.45) is 1.10. The summed E-state index contributed by atoms with van der Waals surface area (Å²) in [7, 11) is -1.65. The summed E-state index contributed by atoms with van der Waals surface area (Å²) in [5.74, 6) is -2.17. The van der Waals surface area contributed by atoms with Gasteiger partial charge in [0.1, 0.15) is 9.84 Å². The fourth-order valence-electron chi connectivity index (χ4n) is 1.72. The second-order valence-electron chi connectivity index (χ2n) is 5.31. The van der Waals surface area contributed by atoms with Crippen LogP contribution < -0.4 is 5.32 Å². The van der Waals surface area contributed by atoms with Crippen molar-refractivity contribution in [3.8, 4) is 0 Å². The number of urea groups is 1. The Morgan fingerprint density at radius 3 is 2.50 bits per heavy atom. The van der Waals surface area contributed by atoms with Crippen LogP contribution in [0.4, 0.5) is 13.6 Å². The summed E-state index contributed by atoms with van der Waals surface area (Å²) in [6, 6.07) is 3.18. The predicted molar refractivity (Wildman–Crippen MR) is 80.5 cm³/mol. The summed E-state index contributed by atoms with van der Waals surface area (Å²) in [5.41, 5.74) is 0.568. The molecule has 0 fully saturated rings. The first-order chi connectivity index (χ1) is 10.1. The molecular weight excluding hydrogens is 314 g/mol. The summed E-state index contributed by atoms with van der Waals surface area (Å²) in [6.45, 7) is 2.08. The molecule has 0 saturated heterocycles. The first kappa shape index (κ1) is 18.3. The summed E-state index contributed by atoms with van der Waals surface area (Å²) in [5, 5.41) is 2.63. The zero-order valence-electron chi connectivity index (χ0n) is 12.8. The molecule has 0 aliphatic carbocycles. The van der Waals surface area contributed by atoms with Gasteiger partial charge in [0.05, 0.1) is 5.75 Å². The number of amides is 2. The molecule has 0 radical (unpaired) electrons. The predicted octanol–water partition coefficient (Wildman–Crippen LogP) is 1.75. The van der Waals surface area contributed by atoms with Gasteiger partial charge in [-0.1, -0.05) is 13.0 Å². The van der Waals surface area contributed by atoms with E-state index >= 15 is 0 Å². The quantitative estimate of drug-likeness (QED) is 0.862. The van der Waals surface area contributed by atoms with E-state index in [-0.39, 0.29) is 24.8 Å². The minimum atomic E-state index is -3.13. The topological polar surface area (TPSA) is 66.5 Å². The maximum atomic E-state index is 13.2. The Morgan fingerprint density at radius 1 is 1.32 bits per heavy atom. The molecule has 0 spiro atoms. The van der Waals surface area contributed by atoms with Gasteiger partial charge in [0.15, 0.2) is 11.6 Å². The molecule has 1 atom stereocenters. The van der Waals surface area contributed by atoms with E-state index in [1.165, 1.54) is 18.0 Å². The van der Waals surface area contributed by atoms with Gasteiger partial charge in [0.2, 0.25) is 0 Å². The fourth-order valence-corrected chi connectivity index (χ4v) is 2.32. The van der Waals surface area contributed by atoms with Gasteiger partial charge in [0, 0.05) is 26.4 Å². The Labute approximate surface area is 129 Å². The monoisotopic (exact) mass is 334 g/mol. The number of carbonyl (C=O) groups is 1. The molecule has 5 nitrogen and oxygen atoms in total. The molecule has 1 rings (SSSR count). The maximum absolute atomic E-state index is 13.2. The molecule has 0 aliphatic rings. The van der Waals surface area contributed by atoms with Crippen LogP contribution in [-0.4, -0.2) is 51.5 Å². The van der Waals surface area contributed by atoms with Gasteiger partial charge < -0.3 is 10.2 Å². The summed E-state index contributed by atoms with van der Waals surface area (Å²) >= 11 is 0. The lowest BCUT2D eigenvalue weighted by Crippen LogP contribution is -2.40. The second kappa shape index (κ2) is 7.53. The van der Waals surface area contributed by atoms with E-state index in [1.807, 2.05) is 0 Å². The molecule has 0 bridgehead atoms. The maximum Gasteiger partial charge on any atom is 0.317 e. The van der Waals surface area contributed by atoms with E-state index in [0.717, 1.165) is 18.4 Å². The van der Waals surface area contributed by atoms with Crippen molar-refractivity contribution in [3.05, 3.63) is 35.4 Å². The van der Waals surface area contributed by atoms with Crippen LogP contribution in [0, 0.1) is 11.6 Å². The van der Waals surface area contributed by atoms with Crippen LogP contribution in [0.3, 0.4) is 0 Å². The number of sulfone groups is 1. The molecule has 1 N–H and O–H groups in total. The molecule has 0 saturated carbocycles. The van der Waals surface area contributed by atoms with Crippen LogP contribution in [0.1, 0.15) is 18.4 Å². The third-order valence-corrected chi connectivity index (χ3v) is 4.14. The van der Waals surface area contributed by atoms with Crippen LogP contribution >= 0.6 is 0 Å². The van der Waals surface area contributed by atoms with Crippen LogP contribution in [-0.2, 0) is 9.84 Å². The number of carbonyl (C=O) groups excluding carboxylic acids is 1. The Kier molecular flexibility index (Phi) is 6.28. The van der Waals surface area contributed by atoms with Crippen LogP contribution in [0.15, 0.2) is 18.2 Å². The second-order valence-corrected chi connectivity index (χ2v) is 7.57. The van der Waals surface area contributed by atoms with Gasteiger partial charge in [-0.15, -0.1) is 0 Å². The molecule has 8 heteroatoms. The molecule has 22 heavy (non-hydrogen) atoms. The third-order valence-electron chi connectivity index (χ3n) is 3.22. The van der Waals surface area contributed by atoms with Crippen molar-refractivity contribution in [2.45, 2.75) is 12.8 Å². The Morgan fingerprint density at radius 2 is 1.95 bits per heavy atom. The Balaban J connectivity index is 2.50. The number of rotatable bonds is 6. The molecular formula is C14H20F2N2O3S. The molecule has 124 valence electrons. The van der Waals surface area contributed by atoms with Crippen LogP contribution in [0.25, 0.3) is 0 Å². The molecule has 1 unspecified atom stereocenters. The van der Waals surface area contributed by atoms with E-state index in [9.17, 15) is 22.0 Å². The van der Waals surface area contributed by atoms with Crippen molar-refractivity contribution in [2.75, 3.05) is 32.1 Å². The summed E-state index contributed by atoms with van der Waals surface area (Å²) < 4.78 is 48.1. The van der Waals surface area contributed by atoms with Gasteiger partial charge in [-0.2, -0.15) is 0 Å². The number of hydrogen-bond acceptors (Lipinski definition) is 3. The molecule has 0 heterocycles. The minimum Gasteiger partial charge on any atom is -0.337 e. The fraction of sp³-hybridized carbons (Fsp3) is 0.500. The third kappa shape index (κ3) is 5.97. The van der Waals surface area contributed by atoms with Gasteiger partial charge in [0.25, 0.3) is 0 Å². The van der Waals surface area contributed by atoms with Gasteiger partial charge in [-0.05, 0) is 23.6 Å². The van der Waals surface area contributed by atoms with E-state index in [2.05, 4.69) is 5.32 Å². The van der Waals surface area contributed by atoms with Crippen LogP contribution in [0.5, 0.6) is 0 Å². The average Bonchev–Trinajstić information content (AvgIpc) is 2.43. The lowest BCUT2D eigenvalue weighted by atomic mass is 10.0. The highest BCUT2D eigenvalue weighted by Crippen LogP contribution is 2.17. The standard InChI is InChI=1S/C14H20F2N2O3S/c1-10(11-4-5-12(15)13(16)8-11)9-17-14(19)18(2)6-7-22(3,20)21/h4-5,8,10H,6-7,9H2,1-3H3,(H,17,19). The smallest absolute Gasteiger partial charge is 0.317 e. The SMILES string of the molecule is CC(CNC(=O)N(C)CCS(C)(=O)=O)c1ccc(F)c(F)c1. The Hall–Kier alpha value is -1.70. The number of halogens is 2. The van der Waals surface area contributed by atoms with Gasteiger partial charge >= 0.3 is 6.03 Å². The average molecular weight is 334 g/mol. The molecule has 0 aliphatic heterocycles. The number of hydrogen-bond donors (Lipinski definition) is 1. The van der Waals surface area contributed by atoms with Crippen molar-refractivity contribution < 1.29 is 22.0 Å². The number of benzene rings is 1. The number of nitrogens with one attached hydrogen (secondary N) is 1. The van der Waals surface area contributed by atoms with E-state index in [4.69, 9.17) is 0 Å². The zero-order valence-corrected chi connectivity index (χ0v) is 13.6. The van der Waals surface area contributed by atoms with E-state index in [0.29, 0.717) is 5.56 Å². The largest absolute Gasteiger partial charge is 0.337 e. The lowest BCUT2D eigenvalue weighted by molar-refractivity contribution is 0.211. The minimum absolute atomic E-state index is 0.0875. The van der Waals surface area contributed by atoms with Crippen LogP contribution in [0.2, 0.25) is 0 Å². The van der Waals surface area contributed by atoms with E-state index < -0.39 is 27.5 Å². The van der Waals surface area contributed by atoms with E-state index in [1.54, 1.807) is 6.92 Å². The first-order valence-corrected chi connectivity index (χ1v) is 8.78. The molecule has 0 aromatic heterocycles. The van der Waals surface area contributed by atoms with Crippen molar-refractivity contribution in [2.24, 2.45) is 0 Å². The van der Waals surface area contributed by atoms with Crippen molar-refractivity contribution >= 4 is 15.9 Å². The lowest BCUT2D eigenvalue weighted by Gasteiger charge is -2.19. The van der Waals surface area contributed by atoms with Gasteiger partial charge in [-0.25, -0.2) is 22.0 Å². The summed E-state index contributed by atoms with van der Waals surface area (Å²) in [4.78, 5) is 13.1. The molecule has 1 aromatic rings. The van der Waals surface area contributed by atoms with Crippen molar-refractivity contribution in [1.82, 2.24) is 10.2 Å². The van der Waals surface area contributed by atoms with Gasteiger partial charge in [-0.3, -0.25) is 0 Å².